The van der Waals surface area contributed by atoms with E-state index in [4.69, 9.17) is 4.74 Å². The summed E-state index contributed by atoms with van der Waals surface area (Å²) >= 11 is 3.03. The second kappa shape index (κ2) is 9.80. The number of anilines is 1. The van der Waals surface area contributed by atoms with Gasteiger partial charge >= 0.3 is 0 Å². The number of aromatic nitrogens is 3. The van der Waals surface area contributed by atoms with Crippen LogP contribution < -0.4 is 9.64 Å². The van der Waals surface area contributed by atoms with Crippen molar-refractivity contribution < 1.29 is 9.53 Å². The Morgan fingerprint density at radius 3 is 2.52 bits per heavy atom. The normalized spacial score (nSPS) is 10.8. The number of aryl methyl sites for hydroxylation is 1. The Hall–Kier alpha value is -3.10. The second-order valence-electron chi connectivity index (χ2n) is 6.75. The lowest BCUT2D eigenvalue weighted by Crippen LogP contribution is -2.31. The predicted octanol–water partition coefficient (Wildman–Crippen LogP) is 4.97. The van der Waals surface area contributed by atoms with Gasteiger partial charge in [0.1, 0.15) is 11.6 Å². The van der Waals surface area contributed by atoms with Gasteiger partial charge in [0.15, 0.2) is 5.16 Å². The van der Waals surface area contributed by atoms with Crippen molar-refractivity contribution >= 4 is 34.7 Å². The number of methoxy groups -OCH3 is 1. The molecule has 0 aliphatic heterocycles. The largest absolute Gasteiger partial charge is 0.497 e. The zero-order chi connectivity index (χ0) is 21.6. The summed E-state index contributed by atoms with van der Waals surface area (Å²) in [5.41, 5.74) is 1.81. The van der Waals surface area contributed by atoms with Crippen LogP contribution >= 0.6 is 23.1 Å². The van der Waals surface area contributed by atoms with Gasteiger partial charge in [0.25, 0.3) is 0 Å². The van der Waals surface area contributed by atoms with Gasteiger partial charge in [-0.1, -0.05) is 36.0 Å². The molecule has 2 aromatic heterocycles. The van der Waals surface area contributed by atoms with Crippen LogP contribution in [0.1, 0.15) is 10.7 Å². The molecule has 0 fully saturated rings. The van der Waals surface area contributed by atoms with Crippen LogP contribution in [-0.2, 0) is 11.3 Å². The fourth-order valence-electron chi connectivity index (χ4n) is 3.16. The maximum atomic E-state index is 13.3. The van der Waals surface area contributed by atoms with E-state index in [1.807, 2.05) is 83.6 Å². The summed E-state index contributed by atoms with van der Waals surface area (Å²) < 4.78 is 7.22. The number of ether oxygens (including phenoxy) is 1. The van der Waals surface area contributed by atoms with E-state index in [0.29, 0.717) is 11.7 Å². The van der Waals surface area contributed by atoms with Crippen LogP contribution in [0.2, 0.25) is 0 Å². The van der Waals surface area contributed by atoms with Crippen LogP contribution in [0.25, 0.3) is 5.69 Å². The van der Waals surface area contributed by atoms with E-state index in [2.05, 4.69) is 10.2 Å². The van der Waals surface area contributed by atoms with E-state index in [9.17, 15) is 4.79 Å². The van der Waals surface area contributed by atoms with Gasteiger partial charge < -0.3 is 9.64 Å². The number of carbonyl (C=O) groups excluding carboxylic acids is 1. The Kier molecular flexibility index (Phi) is 6.69. The first-order valence-electron chi connectivity index (χ1n) is 9.73. The van der Waals surface area contributed by atoms with Gasteiger partial charge in [-0.3, -0.25) is 9.36 Å². The molecule has 0 radical (unpaired) electrons. The van der Waals surface area contributed by atoms with Crippen LogP contribution in [0.3, 0.4) is 0 Å². The van der Waals surface area contributed by atoms with Crippen LogP contribution in [0.4, 0.5) is 5.69 Å². The highest BCUT2D eigenvalue weighted by Crippen LogP contribution is 2.26. The molecule has 0 bridgehead atoms. The molecule has 6 nitrogen and oxygen atoms in total. The van der Waals surface area contributed by atoms with Crippen molar-refractivity contribution in [3.05, 3.63) is 82.8 Å². The molecule has 4 rings (SSSR count). The van der Waals surface area contributed by atoms with Gasteiger partial charge in [0.2, 0.25) is 5.91 Å². The zero-order valence-electron chi connectivity index (χ0n) is 17.3. The lowest BCUT2D eigenvalue weighted by atomic mass is 10.2. The van der Waals surface area contributed by atoms with E-state index < -0.39 is 0 Å². The maximum Gasteiger partial charge on any atom is 0.237 e. The summed E-state index contributed by atoms with van der Waals surface area (Å²) in [5, 5.41) is 11.2. The molecule has 0 aliphatic rings. The molecule has 158 valence electrons. The molecule has 31 heavy (non-hydrogen) atoms. The second-order valence-corrected chi connectivity index (χ2v) is 8.72. The molecule has 1 amide bonds. The smallest absolute Gasteiger partial charge is 0.237 e. The van der Waals surface area contributed by atoms with Crippen molar-refractivity contribution in [1.29, 1.82) is 0 Å². The summed E-state index contributed by atoms with van der Waals surface area (Å²) in [6.07, 6.45) is 0. The number of thioether (sulfide) groups is 1. The summed E-state index contributed by atoms with van der Waals surface area (Å²) in [6, 6.07) is 21.5. The van der Waals surface area contributed by atoms with Crippen molar-refractivity contribution in [3.63, 3.8) is 0 Å². The standard InChI is InChI=1S/C23H22N4O2S2/c1-17-24-25-23(27(17)19-7-4-3-5-8-19)31-16-22(28)26(15-21-9-6-14-30-21)18-10-12-20(29-2)13-11-18/h3-14H,15-16H2,1-2H3. The van der Waals surface area contributed by atoms with E-state index in [1.54, 1.807) is 23.3 Å². The van der Waals surface area contributed by atoms with Crippen molar-refractivity contribution in [3.8, 4) is 11.4 Å². The van der Waals surface area contributed by atoms with Crippen LogP contribution in [0, 0.1) is 6.92 Å². The number of rotatable bonds is 8. The number of thiophene rings is 1. The number of carbonyl (C=O) groups is 1. The zero-order valence-corrected chi connectivity index (χ0v) is 18.9. The number of para-hydroxylation sites is 1. The molecule has 2 heterocycles. The average molecular weight is 451 g/mol. The molecule has 0 aliphatic carbocycles. The third-order valence-corrected chi connectivity index (χ3v) is 6.49. The summed E-state index contributed by atoms with van der Waals surface area (Å²) in [4.78, 5) is 16.2. The first kappa shape index (κ1) is 21.1. The molecule has 0 saturated carbocycles. The summed E-state index contributed by atoms with van der Waals surface area (Å²) in [5.74, 6) is 1.80. The number of nitrogens with zero attached hydrogens (tertiary/aromatic N) is 4. The Bertz CT molecular complexity index is 1130. The summed E-state index contributed by atoms with van der Waals surface area (Å²) in [6.45, 7) is 2.43. The quantitative estimate of drug-likeness (QED) is 0.355. The molecule has 0 spiro atoms. The van der Waals surface area contributed by atoms with E-state index >= 15 is 0 Å². The van der Waals surface area contributed by atoms with E-state index in [0.717, 1.165) is 27.8 Å². The maximum absolute atomic E-state index is 13.3. The van der Waals surface area contributed by atoms with Gasteiger partial charge in [0, 0.05) is 16.3 Å². The monoisotopic (exact) mass is 450 g/mol. The first-order valence-corrected chi connectivity index (χ1v) is 11.6. The van der Waals surface area contributed by atoms with Crippen molar-refractivity contribution in [2.75, 3.05) is 17.8 Å². The fraction of sp³-hybridized carbons (Fsp3) is 0.174. The minimum absolute atomic E-state index is 0.00355. The van der Waals surface area contributed by atoms with Gasteiger partial charge in [-0.05, 0) is 54.8 Å². The van der Waals surface area contributed by atoms with Crippen LogP contribution in [0.5, 0.6) is 5.75 Å². The molecular weight excluding hydrogens is 428 g/mol. The van der Waals surface area contributed by atoms with Crippen molar-refractivity contribution in [2.45, 2.75) is 18.6 Å². The van der Waals surface area contributed by atoms with E-state index in [-0.39, 0.29) is 11.7 Å². The highest BCUT2D eigenvalue weighted by molar-refractivity contribution is 7.99. The third-order valence-electron chi connectivity index (χ3n) is 4.71. The Labute approximate surface area is 189 Å². The molecule has 0 atom stereocenters. The summed E-state index contributed by atoms with van der Waals surface area (Å²) in [7, 11) is 1.63. The minimum Gasteiger partial charge on any atom is -0.497 e. The highest BCUT2D eigenvalue weighted by atomic mass is 32.2. The number of hydrogen-bond acceptors (Lipinski definition) is 6. The Morgan fingerprint density at radius 1 is 1.06 bits per heavy atom. The Balaban J connectivity index is 1.54. The number of hydrogen-bond donors (Lipinski definition) is 0. The molecule has 2 aromatic carbocycles. The van der Waals surface area contributed by atoms with Crippen molar-refractivity contribution in [1.82, 2.24) is 14.8 Å². The van der Waals surface area contributed by atoms with E-state index in [1.165, 1.54) is 11.8 Å². The number of amides is 1. The molecule has 0 saturated heterocycles. The first-order chi connectivity index (χ1) is 15.2. The minimum atomic E-state index is 0.00355. The lowest BCUT2D eigenvalue weighted by molar-refractivity contribution is -0.116. The average Bonchev–Trinajstić information content (AvgIpc) is 3.46. The molecule has 4 aromatic rings. The van der Waals surface area contributed by atoms with Gasteiger partial charge in [-0.15, -0.1) is 21.5 Å². The topological polar surface area (TPSA) is 60.2 Å². The third kappa shape index (κ3) is 4.98. The molecule has 8 heteroatoms. The molecule has 0 N–H and O–H groups in total. The number of benzene rings is 2. The SMILES string of the molecule is COc1ccc(N(Cc2cccs2)C(=O)CSc2nnc(C)n2-c2ccccc2)cc1. The fourth-order valence-corrected chi connectivity index (χ4v) is 4.73. The van der Waals surface area contributed by atoms with Crippen molar-refractivity contribution in [2.24, 2.45) is 0 Å². The predicted molar refractivity (Wildman–Crippen MR) is 125 cm³/mol. The Morgan fingerprint density at radius 2 is 1.84 bits per heavy atom. The lowest BCUT2D eigenvalue weighted by Gasteiger charge is -2.22. The van der Waals surface area contributed by atoms with Gasteiger partial charge in [-0.2, -0.15) is 0 Å². The molecular formula is C23H22N4O2S2. The van der Waals surface area contributed by atoms with Crippen LogP contribution in [-0.4, -0.2) is 33.5 Å². The molecule has 0 unspecified atom stereocenters. The van der Waals surface area contributed by atoms with Crippen LogP contribution in [0.15, 0.2) is 77.3 Å². The highest BCUT2D eigenvalue weighted by Gasteiger charge is 2.20. The van der Waals surface area contributed by atoms with Gasteiger partial charge in [-0.25, -0.2) is 0 Å². The van der Waals surface area contributed by atoms with Gasteiger partial charge in [0.05, 0.1) is 19.4 Å².